The van der Waals surface area contributed by atoms with Gasteiger partial charge in [-0.05, 0) is 48.7 Å². The van der Waals surface area contributed by atoms with Crippen LogP contribution in [0, 0.1) is 19.7 Å². The van der Waals surface area contributed by atoms with Crippen LogP contribution in [0.1, 0.15) is 16.7 Å². The van der Waals surface area contributed by atoms with Crippen molar-refractivity contribution in [2.24, 2.45) is 0 Å². The van der Waals surface area contributed by atoms with Crippen molar-refractivity contribution in [3.05, 3.63) is 58.9 Å². The van der Waals surface area contributed by atoms with Gasteiger partial charge in [0.1, 0.15) is 5.82 Å². The average Bonchev–Trinajstić information content (AvgIpc) is 2.34. The normalized spacial score (nSPS) is 10.4. The van der Waals surface area contributed by atoms with E-state index in [2.05, 4.69) is 5.32 Å². The lowest BCUT2D eigenvalue weighted by Crippen LogP contribution is -2.03. The first kappa shape index (κ1) is 12.4. The Labute approximate surface area is 107 Å². The molecule has 0 radical (unpaired) electrons. The number of hydrogen-bond acceptors (Lipinski definition) is 2. The topological polar surface area (TPSA) is 38.0 Å². The Morgan fingerprint density at radius 3 is 2.61 bits per heavy atom. The monoisotopic (exact) mass is 244 g/mol. The Morgan fingerprint density at radius 2 is 1.89 bits per heavy atom. The molecule has 0 aliphatic rings. The van der Waals surface area contributed by atoms with Gasteiger partial charge in [-0.3, -0.25) is 0 Å². The molecule has 0 heterocycles. The van der Waals surface area contributed by atoms with E-state index in [4.69, 9.17) is 5.73 Å². The summed E-state index contributed by atoms with van der Waals surface area (Å²) in [6.45, 7) is 4.42. The molecule has 2 nitrogen and oxygen atoms in total. The van der Waals surface area contributed by atoms with E-state index in [-0.39, 0.29) is 5.82 Å². The lowest BCUT2D eigenvalue weighted by Gasteiger charge is -2.11. The molecule has 94 valence electrons. The fraction of sp³-hybridized carbons (Fsp3) is 0.200. The van der Waals surface area contributed by atoms with Gasteiger partial charge in [0.2, 0.25) is 0 Å². The summed E-state index contributed by atoms with van der Waals surface area (Å²) >= 11 is 0. The Kier molecular flexibility index (Phi) is 3.51. The van der Waals surface area contributed by atoms with Gasteiger partial charge in [-0.15, -0.1) is 0 Å². The highest BCUT2D eigenvalue weighted by molar-refractivity contribution is 5.67. The second-order valence-corrected chi connectivity index (χ2v) is 4.53. The summed E-state index contributed by atoms with van der Waals surface area (Å²) in [6, 6.07) is 11.0. The number of halogens is 1. The molecule has 0 spiro atoms. The fourth-order valence-electron chi connectivity index (χ4n) is 1.84. The van der Waals surface area contributed by atoms with E-state index < -0.39 is 0 Å². The molecule has 2 aromatic carbocycles. The summed E-state index contributed by atoms with van der Waals surface area (Å²) in [5.74, 6) is -0.172. The number of nitrogen functional groups attached to an aromatic ring is 1. The highest BCUT2D eigenvalue weighted by Gasteiger charge is 2.01. The third-order valence-electron chi connectivity index (χ3n) is 2.91. The van der Waals surface area contributed by atoms with Crippen molar-refractivity contribution in [3.63, 3.8) is 0 Å². The van der Waals surface area contributed by atoms with E-state index >= 15 is 0 Å². The molecule has 0 aliphatic heterocycles. The van der Waals surface area contributed by atoms with E-state index in [1.807, 2.05) is 31.2 Å². The zero-order valence-corrected chi connectivity index (χ0v) is 10.6. The smallest absolute Gasteiger partial charge is 0.126 e. The summed E-state index contributed by atoms with van der Waals surface area (Å²) in [5.41, 5.74) is 10.4. The molecule has 3 N–H and O–H groups in total. The maximum atomic E-state index is 13.1. The van der Waals surface area contributed by atoms with Crippen molar-refractivity contribution >= 4 is 11.4 Å². The predicted molar refractivity (Wildman–Crippen MR) is 74.1 cm³/mol. The number of anilines is 2. The quantitative estimate of drug-likeness (QED) is 0.809. The first-order valence-electron chi connectivity index (χ1n) is 5.91. The number of nitrogens with one attached hydrogen (secondary N) is 1. The molecule has 3 heteroatoms. The Bertz CT molecular complexity index is 564. The van der Waals surface area contributed by atoms with Gasteiger partial charge in [-0.2, -0.15) is 0 Å². The molecule has 0 aliphatic carbocycles. The van der Waals surface area contributed by atoms with Crippen LogP contribution in [-0.4, -0.2) is 0 Å². The first-order valence-corrected chi connectivity index (χ1v) is 5.91. The fourth-order valence-corrected chi connectivity index (χ4v) is 1.84. The van der Waals surface area contributed by atoms with Gasteiger partial charge >= 0.3 is 0 Å². The van der Waals surface area contributed by atoms with Gasteiger partial charge in [0.15, 0.2) is 0 Å². The van der Waals surface area contributed by atoms with E-state index in [0.717, 1.165) is 22.5 Å². The summed E-state index contributed by atoms with van der Waals surface area (Å²) in [5, 5.41) is 3.27. The number of aryl methyl sites for hydroxylation is 2. The molecule has 0 saturated carbocycles. The molecule has 2 rings (SSSR count). The average molecular weight is 244 g/mol. The van der Waals surface area contributed by atoms with Crippen LogP contribution in [0.2, 0.25) is 0 Å². The molecular weight excluding hydrogens is 227 g/mol. The number of nitrogens with two attached hydrogens (primary N) is 1. The predicted octanol–water partition coefficient (Wildman–Crippen LogP) is 3.64. The Balaban J connectivity index is 2.11. The molecule has 0 atom stereocenters. The van der Waals surface area contributed by atoms with Crippen molar-refractivity contribution in [2.75, 3.05) is 11.1 Å². The minimum Gasteiger partial charge on any atom is -0.397 e. The second kappa shape index (κ2) is 5.08. The van der Waals surface area contributed by atoms with E-state index in [1.54, 1.807) is 13.0 Å². The number of benzene rings is 2. The summed E-state index contributed by atoms with van der Waals surface area (Å²) < 4.78 is 13.1. The van der Waals surface area contributed by atoms with Crippen molar-refractivity contribution in [3.8, 4) is 0 Å². The summed E-state index contributed by atoms with van der Waals surface area (Å²) in [7, 11) is 0. The molecule has 2 aromatic rings. The van der Waals surface area contributed by atoms with Crippen LogP contribution >= 0.6 is 0 Å². The maximum absolute atomic E-state index is 13.1. The van der Waals surface area contributed by atoms with Gasteiger partial charge in [-0.25, -0.2) is 4.39 Å². The molecular formula is C15H17FN2. The van der Waals surface area contributed by atoms with Crippen LogP contribution in [0.25, 0.3) is 0 Å². The Hall–Kier alpha value is -2.03. The van der Waals surface area contributed by atoms with Crippen LogP contribution < -0.4 is 11.1 Å². The number of rotatable bonds is 3. The van der Waals surface area contributed by atoms with E-state index in [9.17, 15) is 4.39 Å². The largest absolute Gasteiger partial charge is 0.397 e. The van der Waals surface area contributed by atoms with Gasteiger partial charge in [-0.1, -0.05) is 18.2 Å². The highest BCUT2D eigenvalue weighted by atomic mass is 19.1. The zero-order valence-electron chi connectivity index (χ0n) is 10.6. The lowest BCUT2D eigenvalue weighted by atomic mass is 10.1. The molecule has 0 fully saturated rings. The van der Waals surface area contributed by atoms with Gasteiger partial charge in [0.25, 0.3) is 0 Å². The summed E-state index contributed by atoms with van der Waals surface area (Å²) in [6.07, 6.45) is 0. The van der Waals surface area contributed by atoms with Crippen LogP contribution in [0.3, 0.4) is 0 Å². The van der Waals surface area contributed by atoms with Gasteiger partial charge in [0.05, 0.1) is 11.4 Å². The van der Waals surface area contributed by atoms with Crippen LogP contribution in [0.4, 0.5) is 15.8 Å². The van der Waals surface area contributed by atoms with Crippen LogP contribution in [0.15, 0.2) is 36.4 Å². The molecule has 18 heavy (non-hydrogen) atoms. The Morgan fingerprint density at radius 1 is 1.11 bits per heavy atom. The van der Waals surface area contributed by atoms with Crippen molar-refractivity contribution in [1.29, 1.82) is 0 Å². The highest BCUT2D eigenvalue weighted by Crippen LogP contribution is 2.20. The van der Waals surface area contributed by atoms with E-state index in [0.29, 0.717) is 12.1 Å². The standard InChI is InChI=1S/C15H17FN2/c1-10-3-6-14(17)15(7-10)18-9-12-4-5-13(16)11(2)8-12/h3-8,18H,9,17H2,1-2H3. The second-order valence-electron chi connectivity index (χ2n) is 4.53. The van der Waals surface area contributed by atoms with Crippen molar-refractivity contribution < 1.29 is 4.39 Å². The van der Waals surface area contributed by atoms with E-state index in [1.165, 1.54) is 6.07 Å². The third-order valence-corrected chi connectivity index (χ3v) is 2.91. The first-order chi connectivity index (χ1) is 8.56. The van der Waals surface area contributed by atoms with Gasteiger partial charge in [0, 0.05) is 6.54 Å². The van der Waals surface area contributed by atoms with Crippen molar-refractivity contribution in [2.45, 2.75) is 20.4 Å². The minimum atomic E-state index is -0.172. The van der Waals surface area contributed by atoms with Crippen molar-refractivity contribution in [1.82, 2.24) is 0 Å². The molecule has 0 saturated heterocycles. The molecule has 0 amide bonds. The SMILES string of the molecule is Cc1ccc(N)c(NCc2ccc(F)c(C)c2)c1. The maximum Gasteiger partial charge on any atom is 0.126 e. The van der Waals surface area contributed by atoms with Crippen LogP contribution in [-0.2, 0) is 6.54 Å². The molecule has 0 bridgehead atoms. The number of hydrogen-bond donors (Lipinski definition) is 2. The lowest BCUT2D eigenvalue weighted by molar-refractivity contribution is 0.617. The summed E-state index contributed by atoms with van der Waals surface area (Å²) in [4.78, 5) is 0. The van der Waals surface area contributed by atoms with Gasteiger partial charge < -0.3 is 11.1 Å². The van der Waals surface area contributed by atoms with Crippen LogP contribution in [0.5, 0.6) is 0 Å². The molecule has 0 aromatic heterocycles. The third kappa shape index (κ3) is 2.80. The minimum absolute atomic E-state index is 0.172. The molecule has 0 unspecified atom stereocenters. The zero-order chi connectivity index (χ0) is 13.1.